The fourth-order valence-corrected chi connectivity index (χ4v) is 1.67. The number of nitro groups is 1. The fourth-order valence-electron chi connectivity index (χ4n) is 1.67. The van der Waals surface area contributed by atoms with Crippen LogP contribution in [0, 0.1) is 17.0 Å². The highest BCUT2D eigenvalue weighted by Gasteiger charge is 2.30. The highest BCUT2D eigenvalue weighted by Crippen LogP contribution is 2.31. The van der Waals surface area contributed by atoms with Gasteiger partial charge in [0.15, 0.2) is 0 Å². The molecule has 7 nitrogen and oxygen atoms in total. The lowest BCUT2D eigenvalue weighted by molar-refractivity contribution is -0.384. The number of hydrogen-bond donors (Lipinski definition) is 2. The molecule has 0 amide bonds. The SMILES string of the molecule is CCn1nc(C)c([N+](=O)[O-])c1NC(C)(CC)CO. The van der Waals surface area contributed by atoms with Crippen molar-refractivity contribution in [2.24, 2.45) is 0 Å². The van der Waals surface area contributed by atoms with E-state index >= 15 is 0 Å². The van der Waals surface area contributed by atoms with E-state index in [0.29, 0.717) is 24.5 Å². The summed E-state index contributed by atoms with van der Waals surface area (Å²) in [6, 6.07) is 0. The van der Waals surface area contributed by atoms with Crippen molar-refractivity contribution >= 4 is 11.5 Å². The van der Waals surface area contributed by atoms with Crippen LogP contribution in [0.2, 0.25) is 0 Å². The van der Waals surface area contributed by atoms with Gasteiger partial charge < -0.3 is 10.4 Å². The minimum atomic E-state index is -0.593. The molecule has 7 heteroatoms. The van der Waals surface area contributed by atoms with E-state index in [-0.39, 0.29) is 12.3 Å². The van der Waals surface area contributed by atoms with Gasteiger partial charge in [-0.1, -0.05) is 6.92 Å². The number of rotatable bonds is 6. The number of hydrogen-bond acceptors (Lipinski definition) is 5. The molecule has 1 rings (SSSR count). The first kappa shape index (κ1) is 14.4. The van der Waals surface area contributed by atoms with Crippen molar-refractivity contribution in [3.8, 4) is 0 Å². The molecule has 1 atom stereocenters. The average Bonchev–Trinajstić information content (AvgIpc) is 2.65. The highest BCUT2D eigenvalue weighted by atomic mass is 16.6. The zero-order chi connectivity index (χ0) is 13.9. The average molecular weight is 256 g/mol. The van der Waals surface area contributed by atoms with Gasteiger partial charge in [-0.2, -0.15) is 5.10 Å². The van der Waals surface area contributed by atoms with Gasteiger partial charge in [0.1, 0.15) is 5.69 Å². The molecule has 0 aliphatic carbocycles. The van der Waals surface area contributed by atoms with E-state index < -0.39 is 10.5 Å². The maximum atomic E-state index is 11.1. The second-order valence-electron chi connectivity index (χ2n) is 4.55. The molecule has 0 radical (unpaired) electrons. The lowest BCUT2D eigenvalue weighted by Crippen LogP contribution is -2.39. The van der Waals surface area contributed by atoms with Crippen molar-refractivity contribution in [3.63, 3.8) is 0 Å². The van der Waals surface area contributed by atoms with Crippen molar-refractivity contribution in [1.29, 1.82) is 0 Å². The second kappa shape index (κ2) is 5.34. The zero-order valence-corrected chi connectivity index (χ0v) is 11.2. The Balaban J connectivity index is 3.25. The quantitative estimate of drug-likeness (QED) is 0.596. The molecule has 1 heterocycles. The van der Waals surface area contributed by atoms with E-state index in [1.165, 1.54) is 0 Å². The van der Waals surface area contributed by atoms with Gasteiger partial charge in [0.2, 0.25) is 5.82 Å². The molecule has 18 heavy (non-hydrogen) atoms. The first-order chi connectivity index (χ1) is 8.38. The van der Waals surface area contributed by atoms with Gasteiger partial charge in [0.25, 0.3) is 0 Å². The van der Waals surface area contributed by atoms with E-state index in [0.717, 1.165) is 0 Å². The summed E-state index contributed by atoms with van der Waals surface area (Å²) in [5, 5.41) is 27.7. The van der Waals surface area contributed by atoms with Crippen molar-refractivity contribution in [2.75, 3.05) is 11.9 Å². The number of nitrogens with one attached hydrogen (secondary N) is 1. The van der Waals surface area contributed by atoms with Crippen molar-refractivity contribution in [1.82, 2.24) is 9.78 Å². The minimum Gasteiger partial charge on any atom is -0.394 e. The zero-order valence-electron chi connectivity index (χ0n) is 11.2. The predicted molar refractivity (Wildman–Crippen MR) is 68.7 cm³/mol. The number of nitrogens with zero attached hydrogens (tertiary/aromatic N) is 3. The molecule has 0 bridgehead atoms. The van der Waals surface area contributed by atoms with Crippen LogP contribution in [-0.4, -0.2) is 32.0 Å². The molecule has 0 aliphatic rings. The molecule has 0 spiro atoms. The Bertz CT molecular complexity index is 438. The first-order valence-corrected chi connectivity index (χ1v) is 5.99. The van der Waals surface area contributed by atoms with E-state index in [1.54, 1.807) is 11.6 Å². The smallest absolute Gasteiger partial charge is 0.333 e. The Morgan fingerprint density at radius 1 is 1.56 bits per heavy atom. The summed E-state index contributed by atoms with van der Waals surface area (Å²) in [5.74, 6) is 0.360. The van der Waals surface area contributed by atoms with Gasteiger partial charge in [-0.25, -0.2) is 4.68 Å². The summed E-state index contributed by atoms with van der Waals surface area (Å²) >= 11 is 0. The molecular formula is C11H20N4O3. The largest absolute Gasteiger partial charge is 0.394 e. The standard InChI is InChI=1S/C11H20N4O3/c1-5-11(4,7-16)12-10-9(15(17)18)8(3)13-14(10)6-2/h12,16H,5-7H2,1-4H3. The molecular weight excluding hydrogens is 236 g/mol. The Morgan fingerprint density at radius 2 is 2.17 bits per heavy atom. The Labute approximate surface area is 106 Å². The molecule has 0 aromatic carbocycles. The summed E-state index contributed by atoms with van der Waals surface area (Å²) in [4.78, 5) is 10.6. The lowest BCUT2D eigenvalue weighted by Gasteiger charge is -2.28. The van der Waals surface area contributed by atoms with E-state index in [2.05, 4.69) is 10.4 Å². The summed E-state index contributed by atoms with van der Waals surface area (Å²) in [6.45, 7) is 7.63. The number of aliphatic hydroxyl groups excluding tert-OH is 1. The number of aromatic nitrogens is 2. The molecule has 0 aliphatic heterocycles. The van der Waals surface area contributed by atoms with Crippen molar-refractivity contribution in [3.05, 3.63) is 15.8 Å². The van der Waals surface area contributed by atoms with Crippen LogP contribution in [-0.2, 0) is 6.54 Å². The maximum absolute atomic E-state index is 11.1. The van der Waals surface area contributed by atoms with Gasteiger partial charge in [-0.05, 0) is 27.2 Å². The Hall–Kier alpha value is -1.63. The van der Waals surface area contributed by atoms with Crippen LogP contribution in [0.1, 0.15) is 32.9 Å². The number of anilines is 1. The van der Waals surface area contributed by atoms with Crippen molar-refractivity contribution in [2.45, 2.75) is 46.2 Å². The summed E-state index contributed by atoms with van der Waals surface area (Å²) in [5.41, 5.74) is -0.241. The van der Waals surface area contributed by atoms with Gasteiger partial charge in [0.05, 0.1) is 17.1 Å². The third kappa shape index (κ3) is 2.61. The van der Waals surface area contributed by atoms with Crippen LogP contribution in [0.3, 0.4) is 0 Å². The molecule has 102 valence electrons. The predicted octanol–water partition coefficient (Wildman–Crippen LogP) is 1.69. The summed E-state index contributed by atoms with van der Waals surface area (Å²) in [6.07, 6.45) is 0.647. The third-order valence-corrected chi connectivity index (χ3v) is 3.13. The van der Waals surface area contributed by atoms with E-state index in [9.17, 15) is 15.2 Å². The topological polar surface area (TPSA) is 93.2 Å². The lowest BCUT2D eigenvalue weighted by atomic mass is 10.0. The van der Waals surface area contributed by atoms with Crippen LogP contribution in [0.15, 0.2) is 0 Å². The second-order valence-corrected chi connectivity index (χ2v) is 4.55. The van der Waals surface area contributed by atoms with Gasteiger partial charge >= 0.3 is 5.69 Å². The van der Waals surface area contributed by atoms with Gasteiger partial charge in [-0.15, -0.1) is 0 Å². The molecule has 0 fully saturated rings. The van der Waals surface area contributed by atoms with Crippen LogP contribution in [0.4, 0.5) is 11.5 Å². The molecule has 0 saturated carbocycles. The Morgan fingerprint density at radius 3 is 2.56 bits per heavy atom. The van der Waals surface area contributed by atoms with Gasteiger partial charge in [0, 0.05) is 6.54 Å². The molecule has 1 aromatic heterocycles. The third-order valence-electron chi connectivity index (χ3n) is 3.13. The fraction of sp³-hybridized carbons (Fsp3) is 0.727. The highest BCUT2D eigenvalue weighted by molar-refractivity contribution is 5.60. The van der Waals surface area contributed by atoms with E-state index in [1.807, 2.05) is 20.8 Å². The van der Waals surface area contributed by atoms with Crippen LogP contribution in [0.25, 0.3) is 0 Å². The number of aryl methyl sites for hydroxylation is 2. The molecule has 2 N–H and O–H groups in total. The molecule has 1 aromatic rings. The van der Waals surface area contributed by atoms with Crippen molar-refractivity contribution < 1.29 is 10.0 Å². The molecule has 0 saturated heterocycles. The van der Waals surface area contributed by atoms with Gasteiger partial charge in [-0.3, -0.25) is 10.1 Å². The monoisotopic (exact) mass is 256 g/mol. The number of aliphatic hydroxyl groups is 1. The normalized spacial score (nSPS) is 14.3. The summed E-state index contributed by atoms with van der Waals surface area (Å²) < 4.78 is 1.55. The van der Waals surface area contributed by atoms with Crippen LogP contribution < -0.4 is 5.32 Å². The van der Waals surface area contributed by atoms with Crippen LogP contribution in [0.5, 0.6) is 0 Å². The molecule has 1 unspecified atom stereocenters. The maximum Gasteiger partial charge on any atom is 0.333 e. The first-order valence-electron chi connectivity index (χ1n) is 5.99. The van der Waals surface area contributed by atoms with E-state index in [4.69, 9.17) is 0 Å². The van der Waals surface area contributed by atoms with Crippen LogP contribution >= 0.6 is 0 Å². The Kier molecular flexibility index (Phi) is 4.28. The minimum absolute atomic E-state index is 0.0232. The summed E-state index contributed by atoms with van der Waals surface area (Å²) in [7, 11) is 0.